The van der Waals surface area contributed by atoms with E-state index in [0.717, 1.165) is 12.2 Å². The molecule has 0 spiro atoms. The van der Waals surface area contributed by atoms with Gasteiger partial charge in [0.15, 0.2) is 0 Å². The van der Waals surface area contributed by atoms with Crippen LogP contribution in [0, 0.1) is 0 Å². The highest BCUT2D eigenvalue weighted by Gasteiger charge is 2.39. The Morgan fingerprint density at radius 1 is 1.33 bits per heavy atom. The number of nitrogens with one attached hydrogen (secondary N) is 1. The summed E-state index contributed by atoms with van der Waals surface area (Å²) >= 11 is 1.76. The van der Waals surface area contributed by atoms with Crippen molar-refractivity contribution >= 4 is 23.6 Å². The predicted molar refractivity (Wildman–Crippen MR) is 85.2 cm³/mol. The van der Waals surface area contributed by atoms with Crippen molar-refractivity contribution in [1.82, 2.24) is 10.2 Å². The molecule has 0 bridgehead atoms. The fourth-order valence-corrected chi connectivity index (χ4v) is 3.28. The number of hydrogen-bond donors (Lipinski definition) is 1. The molecule has 2 amide bonds. The van der Waals surface area contributed by atoms with Gasteiger partial charge in [0.1, 0.15) is 5.54 Å². The van der Waals surface area contributed by atoms with Crippen molar-refractivity contribution in [2.45, 2.75) is 37.1 Å². The SMILES string of the molecule is CC1(C)C(=O)NCCN1C(=O)CCCSc1ccccc1. The number of thioether (sulfide) groups is 1. The van der Waals surface area contributed by atoms with Gasteiger partial charge in [0.05, 0.1) is 0 Å². The first-order valence-electron chi connectivity index (χ1n) is 7.28. The van der Waals surface area contributed by atoms with Gasteiger partial charge in [-0.25, -0.2) is 0 Å². The van der Waals surface area contributed by atoms with Gasteiger partial charge in [-0.05, 0) is 38.2 Å². The fourth-order valence-electron chi connectivity index (χ4n) is 2.40. The summed E-state index contributed by atoms with van der Waals surface area (Å²) in [6.07, 6.45) is 1.32. The van der Waals surface area contributed by atoms with Gasteiger partial charge >= 0.3 is 0 Å². The summed E-state index contributed by atoms with van der Waals surface area (Å²) in [7, 11) is 0. The third-order valence-electron chi connectivity index (χ3n) is 3.70. The molecule has 1 aromatic carbocycles. The third-order valence-corrected chi connectivity index (χ3v) is 4.80. The standard InChI is InChI=1S/C16H22N2O2S/c1-16(2)15(20)17-10-11-18(16)14(19)9-6-12-21-13-7-4-3-5-8-13/h3-5,7-8H,6,9-12H2,1-2H3,(H,17,20). The number of piperazine rings is 1. The van der Waals surface area contributed by atoms with E-state index >= 15 is 0 Å². The maximum absolute atomic E-state index is 12.3. The summed E-state index contributed by atoms with van der Waals surface area (Å²) < 4.78 is 0. The Morgan fingerprint density at radius 2 is 2.05 bits per heavy atom. The summed E-state index contributed by atoms with van der Waals surface area (Å²) in [6.45, 7) is 4.76. The van der Waals surface area contributed by atoms with Crippen LogP contribution < -0.4 is 5.32 Å². The fraction of sp³-hybridized carbons (Fsp3) is 0.500. The van der Waals surface area contributed by atoms with Gasteiger partial charge in [0.2, 0.25) is 11.8 Å². The summed E-state index contributed by atoms with van der Waals surface area (Å²) in [5.74, 6) is 0.917. The van der Waals surface area contributed by atoms with Crippen LogP contribution in [0.5, 0.6) is 0 Å². The predicted octanol–water partition coefficient (Wildman–Crippen LogP) is 2.30. The Hall–Kier alpha value is -1.49. The molecule has 114 valence electrons. The van der Waals surface area contributed by atoms with Gasteiger partial charge in [-0.1, -0.05) is 18.2 Å². The summed E-state index contributed by atoms with van der Waals surface area (Å²) in [6, 6.07) is 10.2. The molecule has 1 fully saturated rings. The molecule has 1 N–H and O–H groups in total. The molecule has 4 nitrogen and oxygen atoms in total. The van der Waals surface area contributed by atoms with Crippen molar-refractivity contribution in [3.05, 3.63) is 30.3 Å². The zero-order chi connectivity index (χ0) is 15.3. The molecule has 1 aliphatic rings. The van der Waals surface area contributed by atoms with E-state index < -0.39 is 5.54 Å². The van der Waals surface area contributed by atoms with Crippen molar-refractivity contribution in [1.29, 1.82) is 0 Å². The molecular formula is C16H22N2O2S. The molecule has 0 aliphatic carbocycles. The van der Waals surface area contributed by atoms with E-state index in [-0.39, 0.29) is 11.8 Å². The average Bonchev–Trinajstić information content (AvgIpc) is 2.47. The van der Waals surface area contributed by atoms with E-state index in [1.54, 1.807) is 30.5 Å². The molecule has 0 atom stereocenters. The summed E-state index contributed by atoms with van der Waals surface area (Å²) in [4.78, 5) is 27.1. The first-order valence-corrected chi connectivity index (χ1v) is 8.27. The second-order valence-corrected chi connectivity index (χ2v) is 6.79. The second kappa shape index (κ2) is 6.98. The number of carbonyl (C=O) groups is 2. The van der Waals surface area contributed by atoms with Crippen LogP contribution in [-0.4, -0.2) is 41.1 Å². The lowest BCUT2D eigenvalue weighted by molar-refractivity contribution is -0.149. The van der Waals surface area contributed by atoms with E-state index in [9.17, 15) is 9.59 Å². The quantitative estimate of drug-likeness (QED) is 0.671. The number of hydrogen-bond acceptors (Lipinski definition) is 3. The van der Waals surface area contributed by atoms with Crippen LogP contribution in [0.2, 0.25) is 0 Å². The first-order chi connectivity index (χ1) is 10.0. The third kappa shape index (κ3) is 4.00. The van der Waals surface area contributed by atoms with Crippen LogP contribution in [0.25, 0.3) is 0 Å². The highest BCUT2D eigenvalue weighted by atomic mass is 32.2. The van der Waals surface area contributed by atoms with Crippen LogP contribution in [-0.2, 0) is 9.59 Å². The minimum absolute atomic E-state index is 0.0687. The van der Waals surface area contributed by atoms with Crippen LogP contribution in [0.3, 0.4) is 0 Å². The number of benzene rings is 1. The van der Waals surface area contributed by atoms with Gasteiger partial charge in [0.25, 0.3) is 0 Å². The lowest BCUT2D eigenvalue weighted by Gasteiger charge is -2.41. The lowest BCUT2D eigenvalue weighted by atomic mass is 9.98. The first kappa shape index (κ1) is 15.9. The second-order valence-electron chi connectivity index (χ2n) is 5.63. The van der Waals surface area contributed by atoms with Gasteiger partial charge in [-0.15, -0.1) is 11.8 Å². The van der Waals surface area contributed by atoms with E-state index in [0.29, 0.717) is 19.5 Å². The number of carbonyl (C=O) groups excluding carboxylic acids is 2. The van der Waals surface area contributed by atoms with Crippen molar-refractivity contribution in [2.24, 2.45) is 0 Å². The van der Waals surface area contributed by atoms with Crippen LogP contribution >= 0.6 is 11.8 Å². The summed E-state index contributed by atoms with van der Waals surface area (Å²) in [5.41, 5.74) is -0.734. The smallest absolute Gasteiger partial charge is 0.245 e. The van der Waals surface area contributed by atoms with Gasteiger partial charge in [-0.3, -0.25) is 9.59 Å². The Labute approximate surface area is 130 Å². The molecule has 5 heteroatoms. The van der Waals surface area contributed by atoms with Gasteiger partial charge < -0.3 is 10.2 Å². The molecule has 1 aliphatic heterocycles. The Bertz CT molecular complexity index is 502. The molecule has 21 heavy (non-hydrogen) atoms. The molecule has 2 rings (SSSR count). The van der Waals surface area contributed by atoms with Crippen molar-refractivity contribution in [2.75, 3.05) is 18.8 Å². The molecule has 1 saturated heterocycles. The van der Waals surface area contributed by atoms with Crippen LogP contribution in [0.15, 0.2) is 35.2 Å². The zero-order valence-electron chi connectivity index (χ0n) is 12.6. The molecular weight excluding hydrogens is 284 g/mol. The molecule has 0 radical (unpaired) electrons. The Kier molecular flexibility index (Phi) is 5.28. The topological polar surface area (TPSA) is 49.4 Å². The van der Waals surface area contributed by atoms with Crippen LogP contribution in [0.4, 0.5) is 0 Å². The molecule has 1 heterocycles. The molecule has 0 saturated carbocycles. The monoisotopic (exact) mass is 306 g/mol. The van der Waals surface area contributed by atoms with Crippen molar-refractivity contribution in [3.8, 4) is 0 Å². The minimum atomic E-state index is -0.734. The summed E-state index contributed by atoms with van der Waals surface area (Å²) in [5, 5.41) is 2.81. The van der Waals surface area contributed by atoms with E-state index in [4.69, 9.17) is 0 Å². The Balaban J connectivity index is 1.78. The van der Waals surface area contributed by atoms with Crippen LogP contribution in [0.1, 0.15) is 26.7 Å². The van der Waals surface area contributed by atoms with Gasteiger partial charge in [-0.2, -0.15) is 0 Å². The number of amides is 2. The lowest BCUT2D eigenvalue weighted by Crippen LogP contribution is -2.63. The Morgan fingerprint density at radius 3 is 2.76 bits per heavy atom. The zero-order valence-corrected chi connectivity index (χ0v) is 13.4. The maximum Gasteiger partial charge on any atom is 0.245 e. The largest absolute Gasteiger partial charge is 0.352 e. The number of rotatable bonds is 5. The van der Waals surface area contributed by atoms with E-state index in [1.165, 1.54) is 4.90 Å². The average molecular weight is 306 g/mol. The molecule has 0 unspecified atom stereocenters. The van der Waals surface area contributed by atoms with Crippen molar-refractivity contribution in [3.63, 3.8) is 0 Å². The van der Waals surface area contributed by atoms with E-state index in [1.807, 2.05) is 18.2 Å². The molecule has 0 aromatic heterocycles. The highest BCUT2D eigenvalue weighted by Crippen LogP contribution is 2.21. The highest BCUT2D eigenvalue weighted by molar-refractivity contribution is 7.99. The molecule has 1 aromatic rings. The van der Waals surface area contributed by atoms with E-state index in [2.05, 4.69) is 17.4 Å². The van der Waals surface area contributed by atoms with Crippen molar-refractivity contribution < 1.29 is 9.59 Å². The minimum Gasteiger partial charge on any atom is -0.352 e. The maximum atomic E-state index is 12.3. The number of nitrogens with zero attached hydrogens (tertiary/aromatic N) is 1. The normalized spacial score (nSPS) is 17.4. The van der Waals surface area contributed by atoms with Gasteiger partial charge in [0, 0.05) is 24.4 Å².